The van der Waals surface area contributed by atoms with Gasteiger partial charge in [-0.25, -0.2) is 4.79 Å². The SMILES string of the molecule is COc1cc(/C=C/C(=O)O[C@@H]2CC[C@]3(CO3)[C@@H]([C@]3(C)O[C@H]3CC=C(C)C)[C@@H]2OC)ccc1OCCOCCO. The number of rotatable bonds is 14. The van der Waals surface area contributed by atoms with Crippen LogP contribution in [0.1, 0.15) is 45.6 Å². The molecule has 1 spiro atoms. The molecule has 1 aromatic rings. The summed E-state index contributed by atoms with van der Waals surface area (Å²) in [7, 11) is 3.22. The first kappa shape index (κ1) is 29.6. The molecule has 1 aliphatic carbocycles. The summed E-state index contributed by atoms with van der Waals surface area (Å²) < 4.78 is 40.5. The van der Waals surface area contributed by atoms with Crippen molar-refractivity contribution in [3.63, 3.8) is 0 Å². The lowest BCUT2D eigenvalue weighted by Crippen LogP contribution is -2.55. The fourth-order valence-electron chi connectivity index (χ4n) is 5.71. The van der Waals surface area contributed by atoms with Crippen LogP contribution in [-0.2, 0) is 28.5 Å². The Morgan fingerprint density at radius 1 is 1.18 bits per heavy atom. The van der Waals surface area contributed by atoms with Crippen molar-refractivity contribution in [1.82, 2.24) is 0 Å². The number of ether oxygens (including phenoxy) is 7. The van der Waals surface area contributed by atoms with Gasteiger partial charge in [0.15, 0.2) is 11.5 Å². The van der Waals surface area contributed by atoms with Crippen LogP contribution >= 0.6 is 0 Å². The van der Waals surface area contributed by atoms with Gasteiger partial charge in [-0.1, -0.05) is 17.7 Å². The molecule has 9 nitrogen and oxygen atoms in total. The van der Waals surface area contributed by atoms with Gasteiger partial charge in [0, 0.05) is 13.2 Å². The Bertz CT molecular complexity index is 1040. The Kier molecular flexibility index (Phi) is 9.72. The monoisotopic (exact) mass is 546 g/mol. The van der Waals surface area contributed by atoms with Gasteiger partial charge in [-0.05, 0) is 63.8 Å². The summed E-state index contributed by atoms with van der Waals surface area (Å²) in [6.07, 6.45) is 7.01. The first-order valence-electron chi connectivity index (χ1n) is 13.6. The summed E-state index contributed by atoms with van der Waals surface area (Å²) in [6.45, 7) is 7.91. The van der Waals surface area contributed by atoms with Crippen molar-refractivity contribution in [3.8, 4) is 11.5 Å². The van der Waals surface area contributed by atoms with Crippen LogP contribution < -0.4 is 9.47 Å². The first-order valence-corrected chi connectivity index (χ1v) is 13.6. The van der Waals surface area contributed by atoms with Gasteiger partial charge < -0.3 is 38.3 Å². The third kappa shape index (κ3) is 7.02. The number of carbonyl (C=O) groups excluding carboxylic acids is 1. The summed E-state index contributed by atoms with van der Waals surface area (Å²) in [5, 5.41) is 8.77. The fraction of sp³-hybridized carbons (Fsp3) is 0.633. The molecule has 39 heavy (non-hydrogen) atoms. The second-order valence-electron chi connectivity index (χ2n) is 10.8. The fourth-order valence-corrected chi connectivity index (χ4v) is 5.71. The van der Waals surface area contributed by atoms with E-state index in [0.29, 0.717) is 37.7 Å². The normalized spacial score (nSPS) is 31.2. The van der Waals surface area contributed by atoms with Gasteiger partial charge in [0.2, 0.25) is 0 Å². The molecule has 2 heterocycles. The molecule has 0 unspecified atom stereocenters. The molecule has 0 bridgehead atoms. The van der Waals surface area contributed by atoms with Crippen LogP contribution in [-0.4, -0.2) is 87.8 Å². The average molecular weight is 547 g/mol. The number of benzene rings is 1. The quantitative estimate of drug-likeness (QED) is 0.123. The zero-order valence-electron chi connectivity index (χ0n) is 23.6. The van der Waals surface area contributed by atoms with Crippen LogP contribution in [0.3, 0.4) is 0 Å². The molecule has 1 aromatic carbocycles. The summed E-state index contributed by atoms with van der Waals surface area (Å²) >= 11 is 0. The summed E-state index contributed by atoms with van der Waals surface area (Å²) in [5.74, 6) is 0.650. The largest absolute Gasteiger partial charge is 0.493 e. The Labute approximate surface area is 231 Å². The van der Waals surface area contributed by atoms with E-state index in [2.05, 4.69) is 26.8 Å². The van der Waals surface area contributed by atoms with E-state index in [9.17, 15) is 4.79 Å². The lowest BCUT2D eigenvalue weighted by Gasteiger charge is -2.42. The second kappa shape index (κ2) is 12.8. The molecule has 9 heteroatoms. The first-order chi connectivity index (χ1) is 18.8. The van der Waals surface area contributed by atoms with Crippen molar-refractivity contribution in [2.75, 3.05) is 47.3 Å². The van der Waals surface area contributed by atoms with Crippen LogP contribution in [0.25, 0.3) is 6.08 Å². The molecular weight excluding hydrogens is 504 g/mol. The summed E-state index contributed by atoms with van der Waals surface area (Å²) in [6, 6.07) is 5.39. The van der Waals surface area contributed by atoms with Gasteiger partial charge >= 0.3 is 5.97 Å². The highest BCUT2D eigenvalue weighted by atomic mass is 16.6. The number of aliphatic hydroxyl groups is 1. The Hall–Kier alpha value is -2.43. The number of allylic oxidation sites excluding steroid dienone is 1. The van der Waals surface area contributed by atoms with E-state index in [4.69, 9.17) is 38.3 Å². The molecule has 216 valence electrons. The van der Waals surface area contributed by atoms with E-state index in [1.54, 1.807) is 32.4 Å². The highest BCUT2D eigenvalue weighted by molar-refractivity contribution is 5.87. The molecule has 3 fully saturated rings. The third-order valence-corrected chi connectivity index (χ3v) is 7.83. The molecule has 0 amide bonds. The van der Waals surface area contributed by atoms with Crippen molar-refractivity contribution >= 4 is 12.0 Å². The molecule has 4 rings (SSSR count). The number of aliphatic hydroxyl groups excluding tert-OH is 1. The lowest BCUT2D eigenvalue weighted by atomic mass is 9.68. The highest BCUT2D eigenvalue weighted by Gasteiger charge is 2.72. The van der Waals surface area contributed by atoms with Crippen LogP contribution in [0.15, 0.2) is 35.9 Å². The minimum absolute atomic E-state index is 0.0214. The Balaban J connectivity index is 1.37. The smallest absolute Gasteiger partial charge is 0.331 e. The predicted octanol–water partition coefficient (Wildman–Crippen LogP) is 3.72. The maximum absolute atomic E-state index is 12.9. The third-order valence-electron chi connectivity index (χ3n) is 7.83. The molecule has 3 aliphatic rings. The van der Waals surface area contributed by atoms with Crippen molar-refractivity contribution in [2.24, 2.45) is 5.92 Å². The van der Waals surface area contributed by atoms with Crippen molar-refractivity contribution in [3.05, 3.63) is 41.5 Å². The number of methoxy groups -OCH3 is 2. The topological polar surface area (TPSA) is 109 Å². The van der Waals surface area contributed by atoms with E-state index in [-0.39, 0.29) is 42.5 Å². The van der Waals surface area contributed by atoms with Crippen LogP contribution in [0, 0.1) is 5.92 Å². The number of epoxide rings is 2. The standard InChI is InChI=1S/C30H42O9/c1-20(2)6-10-25-29(3,39-25)28-27(34-5)23(12-13-30(28)19-37-30)38-26(32)11-8-21-7-9-22(24(18-21)33-4)36-17-16-35-15-14-31/h6-9,11,18,23,25,27-28,31H,10,12-17,19H2,1-5H3/b11-8+/t23-,25+,27-,28-,29-,30+/m1/s1. The molecular formula is C30H42O9. The zero-order chi connectivity index (χ0) is 28.0. The number of hydrogen-bond acceptors (Lipinski definition) is 9. The molecule has 6 atom stereocenters. The highest BCUT2D eigenvalue weighted by Crippen LogP contribution is 2.59. The van der Waals surface area contributed by atoms with Crippen molar-refractivity contribution in [1.29, 1.82) is 0 Å². The van der Waals surface area contributed by atoms with Gasteiger partial charge in [0.25, 0.3) is 0 Å². The molecule has 1 N–H and O–H groups in total. The molecule has 2 saturated heterocycles. The molecule has 2 aliphatic heterocycles. The minimum Gasteiger partial charge on any atom is -0.493 e. The summed E-state index contributed by atoms with van der Waals surface area (Å²) in [5.41, 5.74) is 1.39. The summed E-state index contributed by atoms with van der Waals surface area (Å²) in [4.78, 5) is 12.9. The van der Waals surface area contributed by atoms with Crippen LogP contribution in [0.2, 0.25) is 0 Å². The van der Waals surface area contributed by atoms with Crippen LogP contribution in [0.5, 0.6) is 11.5 Å². The maximum atomic E-state index is 12.9. The van der Waals surface area contributed by atoms with Gasteiger partial charge in [-0.3, -0.25) is 0 Å². The number of esters is 1. The van der Waals surface area contributed by atoms with Crippen LogP contribution in [0.4, 0.5) is 0 Å². The van der Waals surface area contributed by atoms with Gasteiger partial charge in [0.1, 0.15) is 30.0 Å². The Morgan fingerprint density at radius 2 is 1.97 bits per heavy atom. The number of hydrogen-bond donors (Lipinski definition) is 1. The lowest BCUT2D eigenvalue weighted by molar-refractivity contribution is -0.166. The second-order valence-corrected chi connectivity index (χ2v) is 10.8. The van der Waals surface area contributed by atoms with Crippen molar-refractivity contribution < 1.29 is 43.1 Å². The predicted molar refractivity (Wildman–Crippen MR) is 145 cm³/mol. The van der Waals surface area contributed by atoms with Gasteiger partial charge in [-0.2, -0.15) is 0 Å². The Morgan fingerprint density at radius 3 is 2.64 bits per heavy atom. The minimum atomic E-state index is -0.434. The van der Waals surface area contributed by atoms with E-state index in [0.717, 1.165) is 18.4 Å². The molecule has 0 radical (unpaired) electrons. The van der Waals surface area contributed by atoms with E-state index < -0.39 is 12.1 Å². The van der Waals surface area contributed by atoms with Gasteiger partial charge in [0.05, 0.1) is 45.6 Å². The maximum Gasteiger partial charge on any atom is 0.331 e. The zero-order valence-corrected chi connectivity index (χ0v) is 23.6. The van der Waals surface area contributed by atoms with Crippen molar-refractivity contribution in [2.45, 2.75) is 69.5 Å². The molecule has 1 saturated carbocycles. The number of carbonyl (C=O) groups is 1. The van der Waals surface area contributed by atoms with E-state index in [1.807, 2.05) is 6.07 Å². The van der Waals surface area contributed by atoms with E-state index in [1.165, 1.54) is 11.6 Å². The van der Waals surface area contributed by atoms with Gasteiger partial charge in [-0.15, -0.1) is 0 Å². The molecule has 0 aromatic heterocycles. The average Bonchev–Trinajstić information content (AvgIpc) is 3.84. The van der Waals surface area contributed by atoms with E-state index >= 15 is 0 Å².